The van der Waals surface area contributed by atoms with E-state index in [1.165, 1.54) is 29.2 Å². The number of aryl methyl sites for hydroxylation is 1. The van der Waals surface area contributed by atoms with E-state index in [9.17, 15) is 18.0 Å². The zero-order valence-corrected chi connectivity index (χ0v) is 27.9. The van der Waals surface area contributed by atoms with Crippen LogP contribution in [0.1, 0.15) is 37.0 Å². The fourth-order valence-electron chi connectivity index (χ4n) is 4.95. The molecule has 0 radical (unpaired) electrons. The second kappa shape index (κ2) is 16.3. The van der Waals surface area contributed by atoms with Gasteiger partial charge in [0.25, 0.3) is 10.0 Å². The number of ether oxygens (including phenoxy) is 1. The molecule has 0 aromatic heterocycles. The van der Waals surface area contributed by atoms with Gasteiger partial charge in [-0.1, -0.05) is 78.7 Å². The fourth-order valence-corrected chi connectivity index (χ4v) is 6.49. The molecule has 0 heterocycles. The SMILES string of the molecule is CCCNC(=O)[C@H](Cc1ccccc1)N(Cc1ccc(C)cc1)C(=O)CN(c1ccc(OCC)cc1)S(=O)(=O)c1ccc(Cl)cc1. The Kier molecular flexibility index (Phi) is 12.2. The molecule has 0 spiro atoms. The Labute approximate surface area is 277 Å². The number of hydrogen-bond acceptors (Lipinski definition) is 5. The molecular weight excluding hydrogens is 622 g/mol. The van der Waals surface area contributed by atoms with E-state index < -0.39 is 28.5 Å². The molecule has 0 aliphatic heterocycles. The third-order valence-electron chi connectivity index (χ3n) is 7.41. The Morgan fingerprint density at radius 1 is 0.848 bits per heavy atom. The van der Waals surface area contributed by atoms with Gasteiger partial charge in [-0.15, -0.1) is 0 Å². The maximum Gasteiger partial charge on any atom is 0.264 e. The Morgan fingerprint density at radius 3 is 2.11 bits per heavy atom. The summed E-state index contributed by atoms with van der Waals surface area (Å²) < 4.78 is 34.9. The molecule has 0 fully saturated rings. The summed E-state index contributed by atoms with van der Waals surface area (Å²) in [7, 11) is -4.24. The van der Waals surface area contributed by atoms with Crippen molar-refractivity contribution in [3.05, 3.63) is 125 Å². The number of benzene rings is 4. The van der Waals surface area contributed by atoms with E-state index in [4.69, 9.17) is 16.3 Å². The molecule has 0 aliphatic rings. The maximum atomic E-state index is 14.5. The average molecular weight is 662 g/mol. The number of amides is 2. The molecule has 2 amide bonds. The first-order chi connectivity index (χ1) is 22.1. The van der Waals surface area contributed by atoms with Gasteiger partial charge in [-0.25, -0.2) is 8.42 Å². The molecule has 1 atom stereocenters. The van der Waals surface area contributed by atoms with Gasteiger partial charge < -0.3 is 15.0 Å². The Bertz CT molecular complexity index is 1680. The van der Waals surface area contributed by atoms with Gasteiger partial charge >= 0.3 is 0 Å². The molecule has 10 heteroatoms. The number of carbonyl (C=O) groups is 2. The summed E-state index contributed by atoms with van der Waals surface area (Å²) in [4.78, 5) is 29.7. The molecule has 4 aromatic rings. The maximum absolute atomic E-state index is 14.5. The molecule has 4 rings (SSSR count). The van der Waals surface area contributed by atoms with Crippen molar-refractivity contribution >= 4 is 39.1 Å². The van der Waals surface area contributed by atoms with Crippen molar-refractivity contribution in [2.45, 2.75) is 51.1 Å². The zero-order valence-electron chi connectivity index (χ0n) is 26.4. The lowest BCUT2D eigenvalue weighted by Crippen LogP contribution is -2.53. The van der Waals surface area contributed by atoms with Gasteiger partial charge in [0.2, 0.25) is 11.8 Å². The van der Waals surface area contributed by atoms with Gasteiger partial charge in [0.15, 0.2) is 0 Å². The van der Waals surface area contributed by atoms with E-state index in [1.807, 2.05) is 75.4 Å². The van der Waals surface area contributed by atoms with Crippen LogP contribution in [0.4, 0.5) is 5.69 Å². The van der Waals surface area contributed by atoms with Crippen LogP contribution in [-0.4, -0.2) is 50.9 Å². The Hall–Kier alpha value is -4.34. The van der Waals surface area contributed by atoms with Gasteiger partial charge in [0, 0.05) is 24.5 Å². The van der Waals surface area contributed by atoms with Crippen LogP contribution in [0.2, 0.25) is 5.02 Å². The van der Waals surface area contributed by atoms with Gasteiger partial charge in [0.05, 0.1) is 17.2 Å². The lowest BCUT2D eigenvalue weighted by atomic mass is 10.0. The highest BCUT2D eigenvalue weighted by Crippen LogP contribution is 2.28. The van der Waals surface area contributed by atoms with Gasteiger partial charge in [-0.2, -0.15) is 0 Å². The summed E-state index contributed by atoms with van der Waals surface area (Å²) in [6, 6.07) is 28.6. The van der Waals surface area contributed by atoms with Crippen molar-refractivity contribution in [1.82, 2.24) is 10.2 Å². The van der Waals surface area contributed by atoms with E-state index in [2.05, 4.69) is 5.32 Å². The predicted molar refractivity (Wildman–Crippen MR) is 183 cm³/mol. The summed E-state index contributed by atoms with van der Waals surface area (Å²) in [5.41, 5.74) is 3.02. The monoisotopic (exact) mass is 661 g/mol. The van der Waals surface area contributed by atoms with Crippen molar-refractivity contribution in [3.8, 4) is 5.75 Å². The average Bonchev–Trinajstić information content (AvgIpc) is 3.06. The first-order valence-electron chi connectivity index (χ1n) is 15.3. The number of halogens is 1. The number of nitrogens with one attached hydrogen (secondary N) is 1. The largest absolute Gasteiger partial charge is 0.494 e. The Morgan fingerprint density at radius 2 is 1.50 bits per heavy atom. The van der Waals surface area contributed by atoms with Crippen LogP contribution in [0.3, 0.4) is 0 Å². The van der Waals surface area contributed by atoms with Crippen LogP contribution in [0.15, 0.2) is 108 Å². The number of carbonyl (C=O) groups excluding carboxylic acids is 2. The van der Waals surface area contributed by atoms with E-state index in [1.54, 1.807) is 24.3 Å². The minimum atomic E-state index is -4.24. The number of rotatable bonds is 15. The Balaban J connectivity index is 1.79. The van der Waals surface area contributed by atoms with Crippen LogP contribution in [-0.2, 0) is 32.6 Å². The van der Waals surface area contributed by atoms with Crippen LogP contribution in [0.25, 0.3) is 0 Å². The molecular formula is C36H40ClN3O5S. The quantitative estimate of drug-likeness (QED) is 0.159. The van der Waals surface area contributed by atoms with Gasteiger partial charge in [-0.3, -0.25) is 13.9 Å². The minimum absolute atomic E-state index is 0.0230. The highest BCUT2D eigenvalue weighted by atomic mass is 35.5. The second-order valence-electron chi connectivity index (χ2n) is 10.9. The molecule has 0 saturated heterocycles. The lowest BCUT2D eigenvalue weighted by molar-refractivity contribution is -0.140. The molecule has 0 bridgehead atoms. The molecule has 4 aromatic carbocycles. The lowest BCUT2D eigenvalue weighted by Gasteiger charge is -2.34. The van der Waals surface area contributed by atoms with Crippen LogP contribution < -0.4 is 14.4 Å². The smallest absolute Gasteiger partial charge is 0.264 e. The molecule has 8 nitrogen and oxygen atoms in total. The van der Waals surface area contributed by atoms with Crippen LogP contribution >= 0.6 is 11.6 Å². The normalized spacial score (nSPS) is 11.8. The minimum Gasteiger partial charge on any atom is -0.494 e. The zero-order chi connectivity index (χ0) is 33.1. The topological polar surface area (TPSA) is 96.0 Å². The van der Waals surface area contributed by atoms with Gasteiger partial charge in [-0.05, 0) is 79.9 Å². The summed E-state index contributed by atoms with van der Waals surface area (Å²) in [6.45, 7) is 6.24. The van der Waals surface area contributed by atoms with Crippen molar-refractivity contribution in [2.75, 3.05) is 24.0 Å². The number of nitrogens with zero attached hydrogens (tertiary/aromatic N) is 2. The van der Waals surface area contributed by atoms with Crippen molar-refractivity contribution < 1.29 is 22.7 Å². The molecule has 1 N–H and O–H groups in total. The van der Waals surface area contributed by atoms with Crippen LogP contribution in [0, 0.1) is 6.92 Å². The first kappa shape index (κ1) is 34.5. The highest BCUT2D eigenvalue weighted by molar-refractivity contribution is 7.92. The fraction of sp³-hybridized carbons (Fsp3) is 0.278. The molecule has 0 aliphatic carbocycles. The van der Waals surface area contributed by atoms with Crippen LogP contribution in [0.5, 0.6) is 5.75 Å². The van der Waals surface area contributed by atoms with E-state index >= 15 is 0 Å². The second-order valence-corrected chi connectivity index (χ2v) is 13.2. The van der Waals surface area contributed by atoms with Crippen molar-refractivity contribution in [1.29, 1.82) is 0 Å². The number of anilines is 1. The van der Waals surface area contributed by atoms with E-state index in [0.29, 0.717) is 23.9 Å². The highest BCUT2D eigenvalue weighted by Gasteiger charge is 2.34. The van der Waals surface area contributed by atoms with E-state index in [-0.39, 0.29) is 29.5 Å². The molecule has 46 heavy (non-hydrogen) atoms. The number of hydrogen-bond donors (Lipinski definition) is 1. The summed E-state index contributed by atoms with van der Waals surface area (Å²) in [5, 5.41) is 3.34. The molecule has 242 valence electrons. The third kappa shape index (κ3) is 9.11. The summed E-state index contributed by atoms with van der Waals surface area (Å²) >= 11 is 6.06. The summed E-state index contributed by atoms with van der Waals surface area (Å²) in [6.07, 6.45) is 0.974. The molecule has 0 saturated carbocycles. The third-order valence-corrected chi connectivity index (χ3v) is 9.45. The molecule has 0 unspecified atom stereocenters. The van der Waals surface area contributed by atoms with Crippen molar-refractivity contribution in [2.24, 2.45) is 0 Å². The van der Waals surface area contributed by atoms with Gasteiger partial charge in [0.1, 0.15) is 18.3 Å². The number of sulfonamides is 1. The van der Waals surface area contributed by atoms with Crippen molar-refractivity contribution in [3.63, 3.8) is 0 Å². The standard InChI is InChI=1S/C36H40ClN3O5S/c1-4-23-38-36(42)34(24-28-9-7-6-8-10-28)39(25-29-13-11-27(3)12-14-29)35(41)26-40(31-17-19-32(20-18-31)45-5-2)46(43,44)33-21-15-30(37)16-22-33/h6-22,34H,4-5,23-26H2,1-3H3,(H,38,42)/t34-/m0/s1. The first-order valence-corrected chi connectivity index (χ1v) is 17.1. The predicted octanol–water partition coefficient (Wildman–Crippen LogP) is 6.41. The van der Waals surface area contributed by atoms with E-state index in [0.717, 1.165) is 27.4 Å². The summed E-state index contributed by atoms with van der Waals surface area (Å²) in [5.74, 6) is -0.267.